The van der Waals surface area contributed by atoms with Crippen LogP contribution in [0.4, 0.5) is 0 Å². The van der Waals surface area contributed by atoms with E-state index in [2.05, 4.69) is 4.72 Å². The molecule has 0 aliphatic rings. The highest BCUT2D eigenvalue weighted by atomic mass is 32.2. The topological polar surface area (TPSA) is 92.7 Å². The molecule has 0 aliphatic carbocycles. The van der Waals surface area contributed by atoms with Crippen molar-refractivity contribution < 1.29 is 23.1 Å². The number of sulfonamides is 1. The standard InChI is InChI=1S/C12H17NO5S/c1-2-18-8-7-13-19(16,17)9-10-3-5-11(6-4-10)12(14)15/h3-6,13H,2,7-9H2,1H3,(H,14,15). The average Bonchev–Trinajstić information content (AvgIpc) is 2.35. The van der Waals surface area contributed by atoms with Crippen LogP contribution in [0.3, 0.4) is 0 Å². The predicted molar refractivity (Wildman–Crippen MR) is 70.5 cm³/mol. The molecule has 6 nitrogen and oxygen atoms in total. The Morgan fingerprint density at radius 1 is 1.32 bits per heavy atom. The monoisotopic (exact) mass is 287 g/mol. The summed E-state index contributed by atoms with van der Waals surface area (Å²) >= 11 is 0. The third kappa shape index (κ3) is 5.82. The fraction of sp³-hybridized carbons (Fsp3) is 0.417. The molecule has 1 aromatic rings. The van der Waals surface area contributed by atoms with Crippen LogP contribution in [0.25, 0.3) is 0 Å². The number of nitrogens with one attached hydrogen (secondary N) is 1. The summed E-state index contributed by atoms with van der Waals surface area (Å²) in [5.41, 5.74) is 0.666. The van der Waals surface area contributed by atoms with Gasteiger partial charge in [0.2, 0.25) is 10.0 Å². The number of ether oxygens (including phenoxy) is 1. The Hall–Kier alpha value is -1.44. The maximum absolute atomic E-state index is 11.7. The minimum Gasteiger partial charge on any atom is -0.478 e. The number of rotatable bonds is 8. The molecular weight excluding hydrogens is 270 g/mol. The summed E-state index contributed by atoms with van der Waals surface area (Å²) < 4.78 is 30.8. The third-order valence-corrected chi connectivity index (χ3v) is 3.69. The summed E-state index contributed by atoms with van der Waals surface area (Å²) in [6.45, 7) is 2.92. The quantitative estimate of drug-likeness (QED) is 0.691. The van der Waals surface area contributed by atoms with Crippen LogP contribution in [0.5, 0.6) is 0 Å². The molecule has 1 aromatic carbocycles. The van der Waals surface area contributed by atoms with Crippen molar-refractivity contribution in [3.63, 3.8) is 0 Å². The van der Waals surface area contributed by atoms with Gasteiger partial charge in [0.1, 0.15) is 0 Å². The van der Waals surface area contributed by atoms with Gasteiger partial charge in [0.15, 0.2) is 0 Å². The van der Waals surface area contributed by atoms with Gasteiger partial charge in [-0.05, 0) is 24.6 Å². The Kier molecular flexibility index (Phi) is 5.94. The van der Waals surface area contributed by atoms with Crippen LogP contribution in [0.15, 0.2) is 24.3 Å². The van der Waals surface area contributed by atoms with E-state index >= 15 is 0 Å². The SMILES string of the molecule is CCOCCNS(=O)(=O)Cc1ccc(C(=O)O)cc1. The highest BCUT2D eigenvalue weighted by Gasteiger charge is 2.11. The van der Waals surface area contributed by atoms with Gasteiger partial charge >= 0.3 is 5.97 Å². The Labute approximate surface area is 112 Å². The number of carboxylic acid groups (broad SMARTS) is 1. The van der Waals surface area contributed by atoms with Crippen LogP contribution in [-0.4, -0.2) is 39.3 Å². The van der Waals surface area contributed by atoms with Gasteiger partial charge in [-0.3, -0.25) is 0 Å². The summed E-state index contributed by atoms with van der Waals surface area (Å²) in [5.74, 6) is -1.22. The number of benzene rings is 1. The Morgan fingerprint density at radius 2 is 1.95 bits per heavy atom. The summed E-state index contributed by atoms with van der Waals surface area (Å²) in [7, 11) is -3.43. The second-order valence-electron chi connectivity index (χ2n) is 3.85. The van der Waals surface area contributed by atoms with Crippen LogP contribution < -0.4 is 4.72 Å². The first-order valence-electron chi connectivity index (χ1n) is 5.82. The van der Waals surface area contributed by atoms with Gasteiger partial charge in [0.05, 0.1) is 17.9 Å². The van der Waals surface area contributed by atoms with E-state index in [0.29, 0.717) is 18.8 Å². The molecule has 0 saturated heterocycles. The van der Waals surface area contributed by atoms with Crippen LogP contribution >= 0.6 is 0 Å². The molecular formula is C12H17NO5S. The molecule has 0 aliphatic heterocycles. The van der Waals surface area contributed by atoms with Gasteiger partial charge in [0.25, 0.3) is 0 Å². The van der Waals surface area contributed by atoms with Crippen molar-refractivity contribution in [2.24, 2.45) is 0 Å². The number of carboxylic acids is 1. The first-order chi connectivity index (χ1) is 8.94. The van der Waals surface area contributed by atoms with Gasteiger partial charge in [-0.2, -0.15) is 0 Å². The van der Waals surface area contributed by atoms with Crippen molar-refractivity contribution in [3.8, 4) is 0 Å². The maximum atomic E-state index is 11.7. The van der Waals surface area contributed by atoms with E-state index in [1.54, 1.807) is 0 Å². The molecule has 1 rings (SSSR count). The van der Waals surface area contributed by atoms with E-state index in [1.807, 2.05) is 6.92 Å². The van der Waals surface area contributed by atoms with Crippen molar-refractivity contribution in [2.75, 3.05) is 19.8 Å². The number of carbonyl (C=O) groups is 1. The lowest BCUT2D eigenvalue weighted by Gasteiger charge is -2.07. The second kappa shape index (κ2) is 7.22. The molecule has 19 heavy (non-hydrogen) atoms. The Balaban J connectivity index is 2.55. The molecule has 0 unspecified atom stereocenters. The fourth-order valence-corrected chi connectivity index (χ4v) is 2.56. The van der Waals surface area contributed by atoms with E-state index in [9.17, 15) is 13.2 Å². The van der Waals surface area contributed by atoms with Crippen molar-refractivity contribution in [1.29, 1.82) is 0 Å². The van der Waals surface area contributed by atoms with E-state index < -0.39 is 16.0 Å². The van der Waals surface area contributed by atoms with Crippen molar-refractivity contribution in [2.45, 2.75) is 12.7 Å². The van der Waals surface area contributed by atoms with E-state index in [-0.39, 0.29) is 17.9 Å². The predicted octanol–water partition coefficient (Wildman–Crippen LogP) is 0.841. The van der Waals surface area contributed by atoms with Crippen molar-refractivity contribution in [3.05, 3.63) is 35.4 Å². The zero-order valence-corrected chi connectivity index (χ0v) is 11.4. The van der Waals surface area contributed by atoms with Crippen LogP contribution in [0.1, 0.15) is 22.8 Å². The smallest absolute Gasteiger partial charge is 0.335 e. The summed E-state index contributed by atoms with van der Waals surface area (Å²) in [6.07, 6.45) is 0. The molecule has 0 radical (unpaired) electrons. The van der Waals surface area contributed by atoms with Gasteiger partial charge in [-0.15, -0.1) is 0 Å². The largest absolute Gasteiger partial charge is 0.478 e. The molecule has 0 heterocycles. The molecule has 0 bridgehead atoms. The lowest BCUT2D eigenvalue weighted by molar-refractivity contribution is 0.0697. The minimum absolute atomic E-state index is 0.130. The highest BCUT2D eigenvalue weighted by molar-refractivity contribution is 7.88. The number of hydrogen-bond acceptors (Lipinski definition) is 4. The zero-order chi connectivity index (χ0) is 14.3. The van der Waals surface area contributed by atoms with E-state index in [1.165, 1.54) is 24.3 Å². The molecule has 0 atom stereocenters. The molecule has 0 amide bonds. The first kappa shape index (κ1) is 15.6. The molecule has 106 valence electrons. The lowest BCUT2D eigenvalue weighted by Crippen LogP contribution is -2.28. The molecule has 0 spiro atoms. The number of aromatic carboxylic acids is 1. The van der Waals surface area contributed by atoms with Gasteiger partial charge in [-0.1, -0.05) is 12.1 Å². The van der Waals surface area contributed by atoms with Crippen LogP contribution in [0.2, 0.25) is 0 Å². The van der Waals surface area contributed by atoms with E-state index in [4.69, 9.17) is 9.84 Å². The van der Waals surface area contributed by atoms with Gasteiger partial charge in [-0.25, -0.2) is 17.9 Å². The van der Waals surface area contributed by atoms with Gasteiger partial charge in [0, 0.05) is 13.2 Å². The third-order valence-electron chi connectivity index (χ3n) is 2.33. The fourth-order valence-electron chi connectivity index (χ4n) is 1.43. The average molecular weight is 287 g/mol. The lowest BCUT2D eigenvalue weighted by atomic mass is 10.1. The van der Waals surface area contributed by atoms with Crippen molar-refractivity contribution >= 4 is 16.0 Å². The Bertz CT molecular complexity index is 509. The summed E-state index contributed by atoms with van der Waals surface area (Å²) in [4.78, 5) is 10.7. The molecule has 0 aromatic heterocycles. The molecule has 0 saturated carbocycles. The molecule has 0 fully saturated rings. The normalized spacial score (nSPS) is 11.4. The Morgan fingerprint density at radius 3 is 2.47 bits per heavy atom. The second-order valence-corrected chi connectivity index (χ2v) is 5.66. The maximum Gasteiger partial charge on any atom is 0.335 e. The molecule has 7 heteroatoms. The summed E-state index contributed by atoms with van der Waals surface area (Å²) in [6, 6.07) is 5.75. The first-order valence-corrected chi connectivity index (χ1v) is 7.47. The summed E-state index contributed by atoms with van der Waals surface area (Å²) in [5, 5.41) is 8.73. The number of hydrogen-bond donors (Lipinski definition) is 2. The van der Waals surface area contributed by atoms with Crippen LogP contribution in [-0.2, 0) is 20.5 Å². The van der Waals surface area contributed by atoms with Gasteiger partial charge < -0.3 is 9.84 Å². The minimum atomic E-state index is -3.43. The van der Waals surface area contributed by atoms with Crippen LogP contribution in [0, 0.1) is 0 Å². The molecule has 2 N–H and O–H groups in total. The van der Waals surface area contributed by atoms with Crippen molar-refractivity contribution in [1.82, 2.24) is 4.72 Å². The zero-order valence-electron chi connectivity index (χ0n) is 10.6. The van der Waals surface area contributed by atoms with E-state index in [0.717, 1.165) is 0 Å². The highest BCUT2D eigenvalue weighted by Crippen LogP contribution is 2.07.